The van der Waals surface area contributed by atoms with Crippen LogP contribution in [0.3, 0.4) is 0 Å². The molecule has 2 aliphatic rings. The third kappa shape index (κ3) is 5.33. The number of ether oxygens (including phenoxy) is 1. The van der Waals surface area contributed by atoms with Crippen LogP contribution in [0.15, 0.2) is 35.5 Å². The molecule has 0 bridgehead atoms. The molecule has 1 amide bonds. The van der Waals surface area contributed by atoms with Gasteiger partial charge in [0.2, 0.25) is 10.0 Å². The molecule has 2 aliphatic heterocycles. The Morgan fingerprint density at radius 1 is 1.28 bits per heavy atom. The van der Waals surface area contributed by atoms with Gasteiger partial charge in [-0.25, -0.2) is 12.7 Å². The van der Waals surface area contributed by atoms with Gasteiger partial charge in [-0.1, -0.05) is 35.5 Å². The van der Waals surface area contributed by atoms with E-state index in [1.165, 1.54) is 11.2 Å². The van der Waals surface area contributed by atoms with Crippen molar-refractivity contribution in [2.24, 2.45) is 5.16 Å². The average molecular weight is 423 g/mol. The largest absolute Gasteiger partial charge is 0.442 e. The molecule has 0 radical (unpaired) electrons. The van der Waals surface area contributed by atoms with Gasteiger partial charge in [0, 0.05) is 39.3 Å². The van der Waals surface area contributed by atoms with Crippen molar-refractivity contribution in [1.29, 1.82) is 0 Å². The molecular weight excluding hydrogens is 398 g/mol. The summed E-state index contributed by atoms with van der Waals surface area (Å²) in [4.78, 5) is 28.8. The van der Waals surface area contributed by atoms with Gasteiger partial charge in [-0.2, -0.15) is 0 Å². The van der Waals surface area contributed by atoms with Crippen LogP contribution in [-0.2, 0) is 34.9 Å². The highest BCUT2D eigenvalue weighted by atomic mass is 32.2. The SMILES string of the molecule is CC(=O)OC(C)NC(=O)C1=NOC2(CCN(S(=O)(=O)Cc3ccccc3)CC2)C1. The van der Waals surface area contributed by atoms with Gasteiger partial charge >= 0.3 is 5.97 Å². The molecule has 1 N–H and O–H groups in total. The summed E-state index contributed by atoms with van der Waals surface area (Å²) in [5.41, 5.74) is 0.287. The van der Waals surface area contributed by atoms with Crippen molar-refractivity contribution >= 4 is 27.6 Å². The Balaban J connectivity index is 1.53. The molecule has 1 fully saturated rings. The molecule has 1 unspecified atom stereocenters. The number of hydrogen-bond donors (Lipinski definition) is 1. The van der Waals surface area contributed by atoms with Crippen LogP contribution in [-0.4, -0.2) is 55.2 Å². The average Bonchev–Trinajstić information content (AvgIpc) is 3.05. The van der Waals surface area contributed by atoms with Gasteiger partial charge in [-0.15, -0.1) is 0 Å². The number of nitrogens with one attached hydrogen (secondary N) is 1. The standard InChI is InChI=1S/C19H25N3O6S/c1-14(27-15(2)23)20-18(24)17-12-19(28-21-17)8-10-22(11-9-19)29(25,26)13-16-6-4-3-5-7-16/h3-7,14H,8-13H2,1-2H3,(H,20,24). The molecule has 0 saturated carbocycles. The minimum Gasteiger partial charge on any atom is -0.442 e. The van der Waals surface area contributed by atoms with E-state index in [9.17, 15) is 18.0 Å². The Morgan fingerprint density at radius 3 is 2.55 bits per heavy atom. The Bertz CT molecular complexity index is 892. The zero-order valence-corrected chi connectivity index (χ0v) is 17.3. The number of amides is 1. The van der Waals surface area contributed by atoms with Gasteiger partial charge in [0.25, 0.3) is 5.91 Å². The first-order valence-corrected chi connectivity index (χ1v) is 11.0. The third-order valence-corrected chi connectivity index (χ3v) is 6.85. The van der Waals surface area contributed by atoms with Gasteiger partial charge in [-0.3, -0.25) is 9.59 Å². The number of hydrogen-bond acceptors (Lipinski definition) is 7. The van der Waals surface area contributed by atoms with Gasteiger partial charge < -0.3 is 14.9 Å². The molecule has 29 heavy (non-hydrogen) atoms. The van der Waals surface area contributed by atoms with E-state index >= 15 is 0 Å². The monoisotopic (exact) mass is 423 g/mol. The molecule has 1 spiro atoms. The minimum absolute atomic E-state index is 0.0418. The highest BCUT2D eigenvalue weighted by molar-refractivity contribution is 7.88. The molecule has 1 atom stereocenters. The highest BCUT2D eigenvalue weighted by Gasteiger charge is 2.45. The molecule has 1 saturated heterocycles. The number of nitrogens with zero attached hydrogens (tertiary/aromatic N) is 2. The van der Waals surface area contributed by atoms with Crippen LogP contribution >= 0.6 is 0 Å². The first-order chi connectivity index (χ1) is 13.7. The van der Waals surface area contributed by atoms with Crippen LogP contribution in [0.4, 0.5) is 0 Å². The summed E-state index contributed by atoms with van der Waals surface area (Å²) in [5.74, 6) is -1.00. The first kappa shape index (κ1) is 21.3. The van der Waals surface area contributed by atoms with Crippen molar-refractivity contribution in [2.75, 3.05) is 13.1 Å². The van der Waals surface area contributed by atoms with E-state index in [0.717, 1.165) is 5.56 Å². The Morgan fingerprint density at radius 2 is 1.93 bits per heavy atom. The molecule has 1 aromatic rings. The predicted molar refractivity (Wildman–Crippen MR) is 105 cm³/mol. The van der Waals surface area contributed by atoms with Crippen molar-refractivity contribution in [2.45, 2.75) is 50.7 Å². The van der Waals surface area contributed by atoms with Crippen molar-refractivity contribution < 1.29 is 27.6 Å². The van der Waals surface area contributed by atoms with Crippen molar-refractivity contribution in [3.8, 4) is 0 Å². The van der Waals surface area contributed by atoms with Crippen molar-refractivity contribution in [3.05, 3.63) is 35.9 Å². The lowest BCUT2D eigenvalue weighted by molar-refractivity contribution is -0.147. The maximum absolute atomic E-state index is 12.7. The summed E-state index contributed by atoms with van der Waals surface area (Å²) >= 11 is 0. The predicted octanol–water partition coefficient (Wildman–Crippen LogP) is 1.15. The van der Waals surface area contributed by atoms with Gasteiger partial charge in [0.15, 0.2) is 6.23 Å². The number of benzene rings is 1. The lowest BCUT2D eigenvalue weighted by Crippen LogP contribution is -2.48. The molecule has 1 aromatic carbocycles. The Hall–Kier alpha value is -2.46. The number of rotatable bonds is 6. The molecule has 0 aromatic heterocycles. The maximum atomic E-state index is 12.7. The molecule has 158 valence electrons. The van der Waals surface area contributed by atoms with Gasteiger partial charge in [0.05, 0.1) is 5.75 Å². The molecule has 0 aliphatic carbocycles. The molecule has 9 nitrogen and oxygen atoms in total. The maximum Gasteiger partial charge on any atom is 0.304 e. The first-order valence-electron chi connectivity index (χ1n) is 9.44. The van der Waals surface area contributed by atoms with E-state index in [4.69, 9.17) is 9.57 Å². The van der Waals surface area contributed by atoms with Crippen LogP contribution < -0.4 is 5.32 Å². The topological polar surface area (TPSA) is 114 Å². The van der Waals surface area contributed by atoms with Gasteiger partial charge in [-0.05, 0) is 12.5 Å². The number of carbonyl (C=O) groups is 2. The summed E-state index contributed by atoms with van der Waals surface area (Å²) in [6.07, 6.45) is 0.406. The summed E-state index contributed by atoms with van der Waals surface area (Å²) < 4.78 is 31.7. The second-order valence-corrected chi connectivity index (χ2v) is 9.32. The zero-order chi connectivity index (χ0) is 21.1. The van der Waals surface area contributed by atoms with Crippen molar-refractivity contribution in [1.82, 2.24) is 9.62 Å². The third-order valence-electron chi connectivity index (χ3n) is 5.00. The highest BCUT2D eigenvalue weighted by Crippen LogP contribution is 2.35. The van der Waals surface area contributed by atoms with Crippen LogP contribution in [0, 0.1) is 0 Å². The van der Waals surface area contributed by atoms with E-state index in [2.05, 4.69) is 10.5 Å². The molecular formula is C19H25N3O6S. The fourth-order valence-electron chi connectivity index (χ4n) is 3.51. The van der Waals surface area contributed by atoms with Crippen LogP contribution in [0.25, 0.3) is 0 Å². The number of esters is 1. The van der Waals surface area contributed by atoms with Crippen LogP contribution in [0.5, 0.6) is 0 Å². The molecule has 2 heterocycles. The van der Waals surface area contributed by atoms with Gasteiger partial charge in [0.1, 0.15) is 11.3 Å². The number of piperidine rings is 1. The fourth-order valence-corrected chi connectivity index (χ4v) is 5.04. The van der Waals surface area contributed by atoms with E-state index in [0.29, 0.717) is 25.9 Å². The molecule has 3 rings (SSSR count). The second-order valence-electron chi connectivity index (χ2n) is 7.36. The number of sulfonamides is 1. The normalized spacial score (nSPS) is 19.9. The fraction of sp³-hybridized carbons (Fsp3) is 0.526. The number of carbonyl (C=O) groups excluding carboxylic acids is 2. The van der Waals surface area contributed by atoms with E-state index in [1.54, 1.807) is 19.1 Å². The summed E-state index contributed by atoms with van der Waals surface area (Å²) in [7, 11) is -3.43. The minimum atomic E-state index is -3.43. The Kier molecular flexibility index (Phi) is 6.23. The lowest BCUT2D eigenvalue weighted by atomic mass is 9.87. The number of oxime groups is 1. The smallest absolute Gasteiger partial charge is 0.304 e. The van der Waals surface area contributed by atoms with Crippen molar-refractivity contribution in [3.63, 3.8) is 0 Å². The van der Waals surface area contributed by atoms with E-state index in [1.807, 2.05) is 18.2 Å². The lowest BCUT2D eigenvalue weighted by Gasteiger charge is -2.36. The summed E-state index contributed by atoms with van der Waals surface area (Å²) in [6.45, 7) is 3.42. The van der Waals surface area contributed by atoms with Crippen LogP contribution in [0.2, 0.25) is 0 Å². The molecule has 10 heteroatoms. The second kappa shape index (κ2) is 8.50. The van der Waals surface area contributed by atoms with E-state index < -0.39 is 33.7 Å². The Labute approximate surface area is 170 Å². The summed E-state index contributed by atoms with van der Waals surface area (Å²) in [6, 6.07) is 9.06. The quantitative estimate of drug-likeness (QED) is 0.542. The van der Waals surface area contributed by atoms with Crippen LogP contribution in [0.1, 0.15) is 38.7 Å². The van der Waals surface area contributed by atoms with E-state index in [-0.39, 0.29) is 17.9 Å². The summed E-state index contributed by atoms with van der Waals surface area (Å²) in [5, 5.41) is 6.43. The zero-order valence-electron chi connectivity index (χ0n) is 16.5.